The molecule has 2 aromatic rings. The van der Waals surface area contributed by atoms with Crippen LogP contribution in [0.3, 0.4) is 0 Å². The maximum Gasteiger partial charge on any atom is 0.0798 e. The molecule has 3 heteroatoms. The highest BCUT2D eigenvalue weighted by Crippen LogP contribution is 2.31. The maximum absolute atomic E-state index is 3.32. The van der Waals surface area contributed by atoms with Crippen molar-refractivity contribution in [3.8, 4) is 0 Å². The Kier molecular flexibility index (Phi) is 2.27. The highest BCUT2D eigenvalue weighted by atomic mass is 32.2. The van der Waals surface area contributed by atoms with Gasteiger partial charge in [-0.3, -0.25) is 5.32 Å². The third-order valence-corrected chi connectivity index (χ3v) is 3.58. The van der Waals surface area contributed by atoms with Crippen molar-refractivity contribution in [3.63, 3.8) is 0 Å². The van der Waals surface area contributed by atoms with Crippen LogP contribution in [-0.4, -0.2) is 12.5 Å². The van der Waals surface area contributed by atoms with Crippen molar-refractivity contribution < 1.29 is 0 Å². The molecule has 1 N–H and O–H groups in total. The summed E-state index contributed by atoms with van der Waals surface area (Å²) in [6, 6.07) is 15.0. The number of fused-ring (bicyclic) bond motifs is 1. The minimum absolute atomic E-state index is 0.929. The fraction of sp³-hybridized carbons (Fsp3) is 0.167. The molecule has 0 spiro atoms. The largest absolute Gasteiger partial charge is 0.301 e. The predicted molar refractivity (Wildman–Crippen MR) is 66.9 cm³/mol. The van der Waals surface area contributed by atoms with E-state index in [9.17, 15) is 0 Å². The van der Waals surface area contributed by atoms with Gasteiger partial charge in [0.15, 0.2) is 0 Å². The lowest BCUT2D eigenvalue weighted by Gasteiger charge is -2.17. The summed E-state index contributed by atoms with van der Waals surface area (Å²) in [4.78, 5) is 0. The second-order valence-corrected chi connectivity index (χ2v) is 4.55. The average molecular weight is 216 g/mol. The second kappa shape index (κ2) is 3.76. The summed E-state index contributed by atoms with van der Waals surface area (Å²) in [7, 11) is 0. The molecule has 0 saturated carbocycles. The minimum Gasteiger partial charge on any atom is -0.301 e. The molecule has 1 heterocycles. The van der Waals surface area contributed by atoms with Crippen LogP contribution < -0.4 is 9.62 Å². The van der Waals surface area contributed by atoms with Crippen LogP contribution in [0, 0.1) is 0 Å². The van der Waals surface area contributed by atoms with E-state index >= 15 is 0 Å². The van der Waals surface area contributed by atoms with Crippen molar-refractivity contribution >= 4 is 28.4 Å². The van der Waals surface area contributed by atoms with E-state index in [0.29, 0.717) is 0 Å². The Morgan fingerprint density at radius 1 is 1.07 bits per heavy atom. The summed E-state index contributed by atoms with van der Waals surface area (Å²) in [6.45, 7) is 0.929. The van der Waals surface area contributed by atoms with Gasteiger partial charge < -0.3 is 4.31 Å². The third-order valence-electron chi connectivity index (χ3n) is 2.61. The van der Waals surface area contributed by atoms with E-state index in [2.05, 4.69) is 52.1 Å². The van der Waals surface area contributed by atoms with Gasteiger partial charge in [-0.05, 0) is 23.4 Å². The van der Waals surface area contributed by atoms with Crippen LogP contribution >= 0.6 is 11.9 Å². The molecule has 76 valence electrons. The van der Waals surface area contributed by atoms with Crippen LogP contribution in [0.1, 0.15) is 0 Å². The Morgan fingerprint density at radius 2 is 1.93 bits per heavy atom. The van der Waals surface area contributed by atoms with E-state index in [0.717, 1.165) is 12.5 Å². The zero-order valence-corrected chi connectivity index (χ0v) is 9.13. The molecule has 15 heavy (non-hydrogen) atoms. The number of benzene rings is 2. The molecule has 0 atom stereocenters. The first kappa shape index (κ1) is 9.07. The normalized spacial score (nSPS) is 16.1. The quantitative estimate of drug-likeness (QED) is 0.738. The SMILES string of the molecule is c1ccc2c(N3CNCS3)cccc2c1. The maximum atomic E-state index is 3.32. The van der Waals surface area contributed by atoms with Crippen LogP contribution in [0.25, 0.3) is 10.8 Å². The lowest BCUT2D eigenvalue weighted by atomic mass is 10.1. The van der Waals surface area contributed by atoms with Crippen LogP contribution in [0.5, 0.6) is 0 Å². The number of nitrogens with zero attached hydrogens (tertiary/aromatic N) is 1. The van der Waals surface area contributed by atoms with E-state index in [1.807, 2.05) is 11.9 Å². The van der Waals surface area contributed by atoms with E-state index in [1.54, 1.807) is 0 Å². The molecule has 0 bridgehead atoms. The highest BCUT2D eigenvalue weighted by molar-refractivity contribution is 8.00. The van der Waals surface area contributed by atoms with Gasteiger partial charge in [0.1, 0.15) is 0 Å². The van der Waals surface area contributed by atoms with Crippen LogP contribution in [0.4, 0.5) is 5.69 Å². The van der Waals surface area contributed by atoms with Crippen molar-refractivity contribution in [1.29, 1.82) is 0 Å². The summed E-state index contributed by atoms with van der Waals surface area (Å²) in [5, 5.41) is 5.96. The fourth-order valence-electron chi connectivity index (χ4n) is 1.90. The summed E-state index contributed by atoms with van der Waals surface area (Å²) >= 11 is 1.83. The van der Waals surface area contributed by atoms with Gasteiger partial charge in [-0.2, -0.15) is 0 Å². The second-order valence-electron chi connectivity index (χ2n) is 3.56. The van der Waals surface area contributed by atoms with E-state index in [4.69, 9.17) is 0 Å². The topological polar surface area (TPSA) is 15.3 Å². The Hall–Kier alpha value is -1.19. The molecule has 1 saturated heterocycles. The van der Waals surface area contributed by atoms with E-state index in [-0.39, 0.29) is 0 Å². The first-order valence-corrected chi connectivity index (χ1v) is 5.98. The van der Waals surface area contributed by atoms with Crippen molar-refractivity contribution in [2.45, 2.75) is 0 Å². The van der Waals surface area contributed by atoms with Crippen LogP contribution in [0.2, 0.25) is 0 Å². The molecule has 3 rings (SSSR count). The average Bonchev–Trinajstić information content (AvgIpc) is 2.82. The minimum atomic E-state index is 0.929. The highest BCUT2D eigenvalue weighted by Gasteiger charge is 2.14. The van der Waals surface area contributed by atoms with Crippen molar-refractivity contribution in [2.75, 3.05) is 16.9 Å². The molecular weight excluding hydrogens is 204 g/mol. The van der Waals surface area contributed by atoms with Gasteiger partial charge >= 0.3 is 0 Å². The molecule has 0 unspecified atom stereocenters. The monoisotopic (exact) mass is 216 g/mol. The molecule has 0 aromatic heterocycles. The Balaban J connectivity index is 2.16. The molecule has 0 radical (unpaired) electrons. The molecule has 1 fully saturated rings. The Labute approximate surface area is 93.4 Å². The Bertz CT molecular complexity index is 473. The van der Waals surface area contributed by atoms with Gasteiger partial charge in [0.25, 0.3) is 0 Å². The summed E-state index contributed by atoms with van der Waals surface area (Å²) in [5.74, 6) is 1.00. The van der Waals surface area contributed by atoms with Crippen LogP contribution in [0.15, 0.2) is 42.5 Å². The number of hydrogen-bond acceptors (Lipinski definition) is 3. The zero-order chi connectivity index (χ0) is 10.1. The fourth-order valence-corrected chi connectivity index (χ4v) is 2.72. The van der Waals surface area contributed by atoms with Gasteiger partial charge in [-0.25, -0.2) is 0 Å². The Morgan fingerprint density at radius 3 is 2.80 bits per heavy atom. The summed E-state index contributed by atoms with van der Waals surface area (Å²) in [5.41, 5.74) is 1.31. The molecule has 1 aliphatic rings. The van der Waals surface area contributed by atoms with Gasteiger partial charge in [0.2, 0.25) is 0 Å². The molecule has 0 aliphatic carbocycles. The molecule has 2 aromatic carbocycles. The number of hydrogen-bond donors (Lipinski definition) is 1. The zero-order valence-electron chi connectivity index (χ0n) is 8.31. The van der Waals surface area contributed by atoms with Gasteiger partial charge in [0.05, 0.1) is 18.2 Å². The van der Waals surface area contributed by atoms with Crippen molar-refractivity contribution in [3.05, 3.63) is 42.5 Å². The number of anilines is 1. The lowest BCUT2D eigenvalue weighted by molar-refractivity contribution is 0.857. The molecule has 0 amide bonds. The number of rotatable bonds is 1. The van der Waals surface area contributed by atoms with E-state index < -0.39 is 0 Å². The lowest BCUT2D eigenvalue weighted by Crippen LogP contribution is -2.17. The predicted octanol–water partition coefficient (Wildman–Crippen LogP) is 2.81. The standard InChI is InChI=1S/C12H12N2S/c1-2-6-11-10(4-1)5-3-7-12(11)14-8-13-9-15-14/h1-7,13H,8-9H2. The first-order chi connectivity index (χ1) is 7.45. The first-order valence-electron chi connectivity index (χ1n) is 5.04. The third kappa shape index (κ3) is 1.58. The van der Waals surface area contributed by atoms with Crippen molar-refractivity contribution in [2.24, 2.45) is 0 Å². The van der Waals surface area contributed by atoms with Crippen LogP contribution in [-0.2, 0) is 0 Å². The number of nitrogens with one attached hydrogen (secondary N) is 1. The summed E-state index contributed by atoms with van der Waals surface area (Å²) < 4.78 is 2.31. The molecular formula is C12H12N2S. The summed E-state index contributed by atoms with van der Waals surface area (Å²) in [6.07, 6.45) is 0. The molecule has 2 nitrogen and oxygen atoms in total. The smallest absolute Gasteiger partial charge is 0.0798 e. The van der Waals surface area contributed by atoms with Crippen molar-refractivity contribution in [1.82, 2.24) is 5.32 Å². The van der Waals surface area contributed by atoms with E-state index in [1.165, 1.54) is 16.5 Å². The van der Waals surface area contributed by atoms with Gasteiger partial charge in [0, 0.05) is 5.39 Å². The van der Waals surface area contributed by atoms with Gasteiger partial charge in [-0.15, -0.1) is 0 Å². The van der Waals surface area contributed by atoms with Gasteiger partial charge in [-0.1, -0.05) is 36.4 Å². The molecule has 1 aliphatic heterocycles.